The van der Waals surface area contributed by atoms with Crippen molar-refractivity contribution in [3.8, 4) is 5.75 Å². The topological polar surface area (TPSA) is 76.0 Å². The number of methoxy groups -OCH3 is 1. The lowest BCUT2D eigenvalue weighted by Crippen LogP contribution is -2.45. The van der Waals surface area contributed by atoms with Crippen LogP contribution in [-0.2, 0) is 22.5 Å². The summed E-state index contributed by atoms with van der Waals surface area (Å²) in [5, 5.41) is 4.58. The van der Waals surface area contributed by atoms with Gasteiger partial charge in [-0.1, -0.05) is 30.3 Å². The van der Waals surface area contributed by atoms with Crippen LogP contribution in [0.25, 0.3) is 10.9 Å². The van der Waals surface area contributed by atoms with E-state index in [1.54, 1.807) is 12.0 Å². The van der Waals surface area contributed by atoms with E-state index in [4.69, 9.17) is 9.47 Å². The molecule has 0 saturated carbocycles. The van der Waals surface area contributed by atoms with E-state index in [0.29, 0.717) is 31.9 Å². The first-order chi connectivity index (χ1) is 18.9. The Morgan fingerprint density at radius 2 is 1.79 bits per heavy atom. The number of hydrogen-bond donors (Lipinski definition) is 1. The van der Waals surface area contributed by atoms with E-state index in [-0.39, 0.29) is 29.9 Å². The highest BCUT2D eigenvalue weighted by Gasteiger charge is 2.33. The molecule has 8 nitrogen and oxygen atoms in total. The lowest BCUT2D eigenvalue weighted by molar-refractivity contribution is -0.129. The molecule has 1 aliphatic rings. The highest BCUT2D eigenvalue weighted by molar-refractivity contribution is 5.83. The van der Waals surface area contributed by atoms with E-state index in [1.165, 1.54) is 0 Å². The fourth-order valence-electron chi connectivity index (χ4n) is 5.28. The van der Waals surface area contributed by atoms with Gasteiger partial charge in [0.2, 0.25) is 5.91 Å². The quantitative estimate of drug-likeness (QED) is 0.348. The third kappa shape index (κ3) is 7.61. The number of hydrogen-bond acceptors (Lipinski definition) is 5. The number of benzene rings is 2. The Bertz CT molecular complexity index is 1230. The van der Waals surface area contributed by atoms with Crippen LogP contribution in [0.1, 0.15) is 25.8 Å². The van der Waals surface area contributed by atoms with Gasteiger partial charge in [0.15, 0.2) is 0 Å². The van der Waals surface area contributed by atoms with Crippen LogP contribution >= 0.6 is 0 Å². The number of nitrogens with zero attached hydrogens (tertiary/aromatic N) is 3. The van der Waals surface area contributed by atoms with Crippen molar-refractivity contribution < 1.29 is 19.1 Å². The fourth-order valence-corrected chi connectivity index (χ4v) is 5.28. The molecule has 1 fully saturated rings. The van der Waals surface area contributed by atoms with Crippen molar-refractivity contribution in [2.45, 2.75) is 39.3 Å². The summed E-state index contributed by atoms with van der Waals surface area (Å²) in [5.74, 6) is 1.13. The molecule has 2 amide bonds. The van der Waals surface area contributed by atoms with E-state index in [1.807, 2.05) is 74.3 Å². The first-order valence-corrected chi connectivity index (χ1v) is 13.9. The molecule has 39 heavy (non-hydrogen) atoms. The summed E-state index contributed by atoms with van der Waals surface area (Å²) in [6.07, 6.45) is 3.02. The van der Waals surface area contributed by atoms with Gasteiger partial charge in [0.1, 0.15) is 5.75 Å². The van der Waals surface area contributed by atoms with Crippen molar-refractivity contribution in [1.29, 1.82) is 0 Å². The van der Waals surface area contributed by atoms with Crippen molar-refractivity contribution in [3.05, 3.63) is 66.4 Å². The summed E-state index contributed by atoms with van der Waals surface area (Å²) in [4.78, 5) is 29.8. The van der Waals surface area contributed by atoms with Crippen LogP contribution in [0.15, 0.2) is 60.8 Å². The minimum absolute atomic E-state index is 0.0159. The summed E-state index contributed by atoms with van der Waals surface area (Å²) in [7, 11) is 3.58. The zero-order valence-corrected chi connectivity index (χ0v) is 23.6. The van der Waals surface area contributed by atoms with Crippen LogP contribution in [0.2, 0.25) is 0 Å². The monoisotopic (exact) mass is 534 g/mol. The Hall–Kier alpha value is -3.36. The Labute approximate surface area is 231 Å². The second kappa shape index (κ2) is 13.6. The molecule has 210 valence electrons. The highest BCUT2D eigenvalue weighted by atomic mass is 16.6. The number of aromatic nitrogens is 1. The number of likely N-dealkylation sites (N-methyl/N-ethyl adjacent to an activating group) is 1. The van der Waals surface area contributed by atoms with Gasteiger partial charge in [0.25, 0.3) is 0 Å². The molecule has 8 heteroatoms. The summed E-state index contributed by atoms with van der Waals surface area (Å²) in [6, 6.07) is 17.7. The molecular weight excluding hydrogens is 492 g/mol. The van der Waals surface area contributed by atoms with Crippen molar-refractivity contribution in [2.75, 3.05) is 46.9 Å². The predicted molar refractivity (Wildman–Crippen MR) is 154 cm³/mol. The first-order valence-electron chi connectivity index (χ1n) is 13.9. The van der Waals surface area contributed by atoms with Crippen molar-refractivity contribution in [1.82, 2.24) is 19.7 Å². The van der Waals surface area contributed by atoms with Crippen molar-refractivity contribution in [3.63, 3.8) is 0 Å². The zero-order chi connectivity index (χ0) is 27.8. The maximum atomic E-state index is 13.3. The number of fused-ring (bicyclic) bond motifs is 1. The molecule has 0 unspecified atom stereocenters. The summed E-state index contributed by atoms with van der Waals surface area (Å²) >= 11 is 0. The first kappa shape index (κ1) is 28.6. The summed E-state index contributed by atoms with van der Waals surface area (Å²) < 4.78 is 13.2. The number of aryl methyl sites for hydroxylation is 1. The van der Waals surface area contributed by atoms with E-state index in [9.17, 15) is 9.59 Å². The van der Waals surface area contributed by atoms with Gasteiger partial charge in [-0.25, -0.2) is 4.79 Å². The van der Waals surface area contributed by atoms with Gasteiger partial charge >= 0.3 is 6.09 Å². The van der Waals surface area contributed by atoms with Gasteiger partial charge in [0, 0.05) is 71.8 Å². The number of ether oxygens (including phenoxy) is 2. The number of amides is 2. The largest absolute Gasteiger partial charge is 0.415 e. The molecule has 0 radical (unpaired) electrons. The van der Waals surface area contributed by atoms with E-state index >= 15 is 0 Å². The molecule has 1 N–H and O–H groups in total. The average Bonchev–Trinajstić information content (AvgIpc) is 3.54. The maximum Gasteiger partial charge on any atom is 0.415 e. The minimum atomic E-state index is -0.346. The van der Waals surface area contributed by atoms with E-state index < -0.39 is 0 Å². The lowest BCUT2D eigenvalue weighted by atomic mass is 9.94. The molecule has 3 aromatic rings. The van der Waals surface area contributed by atoms with Gasteiger partial charge in [-0.15, -0.1) is 0 Å². The Morgan fingerprint density at radius 3 is 2.51 bits per heavy atom. The van der Waals surface area contributed by atoms with Crippen LogP contribution in [0.3, 0.4) is 0 Å². The van der Waals surface area contributed by atoms with Gasteiger partial charge < -0.3 is 29.2 Å². The molecule has 1 saturated heterocycles. The van der Waals surface area contributed by atoms with Gasteiger partial charge in [-0.05, 0) is 61.3 Å². The second-order valence-electron chi connectivity index (χ2n) is 10.8. The summed E-state index contributed by atoms with van der Waals surface area (Å²) in [5.41, 5.74) is 2.06. The highest BCUT2D eigenvalue weighted by Crippen LogP contribution is 2.25. The van der Waals surface area contributed by atoms with Crippen LogP contribution < -0.4 is 10.1 Å². The third-order valence-corrected chi connectivity index (χ3v) is 7.60. The Morgan fingerprint density at radius 1 is 1.05 bits per heavy atom. The predicted octanol–water partition coefficient (Wildman–Crippen LogP) is 4.42. The molecule has 0 spiro atoms. The standard InChI is InChI=1S/C31H42N4O4/c1-23(2)35(31(37)39-28-12-11-25-13-15-34(29(25)18-28)14-8-16-38-4)22-27-20-32-19-26(27)21-33(3)30(36)17-24-9-6-5-7-10-24/h5-7,9-13,15,18,23,26-27,32H,8,14,16-17,19-22H2,1-4H3/t26-,27-/m0/s1. The fraction of sp³-hybridized carbons (Fsp3) is 0.484. The molecule has 2 aromatic carbocycles. The molecular formula is C31H42N4O4. The van der Waals surface area contributed by atoms with Crippen LogP contribution in [0.4, 0.5) is 4.79 Å². The van der Waals surface area contributed by atoms with Crippen LogP contribution in [-0.4, -0.2) is 79.4 Å². The number of nitrogens with one attached hydrogen (secondary N) is 1. The second-order valence-corrected chi connectivity index (χ2v) is 10.8. The van der Waals surface area contributed by atoms with E-state index in [2.05, 4.69) is 22.1 Å². The molecule has 1 aromatic heterocycles. The number of rotatable bonds is 12. The van der Waals surface area contributed by atoms with Crippen LogP contribution in [0, 0.1) is 11.8 Å². The van der Waals surface area contributed by atoms with Crippen LogP contribution in [0.5, 0.6) is 5.75 Å². The Kier molecular flexibility index (Phi) is 10.0. The minimum Gasteiger partial charge on any atom is -0.410 e. The van der Waals surface area contributed by atoms with Crippen molar-refractivity contribution >= 4 is 22.9 Å². The SMILES string of the molecule is COCCCn1ccc2ccc(OC(=O)N(C[C@@H]3CNC[C@H]3CN(C)C(=O)Cc3ccccc3)C(C)C)cc21. The average molecular weight is 535 g/mol. The van der Waals surface area contributed by atoms with E-state index in [0.717, 1.165) is 42.5 Å². The lowest BCUT2D eigenvalue weighted by Gasteiger charge is -2.32. The maximum absolute atomic E-state index is 13.3. The smallest absolute Gasteiger partial charge is 0.410 e. The normalized spacial score (nSPS) is 17.1. The van der Waals surface area contributed by atoms with Gasteiger partial charge in [-0.2, -0.15) is 0 Å². The molecule has 4 rings (SSSR count). The van der Waals surface area contributed by atoms with Gasteiger partial charge in [0.05, 0.1) is 11.9 Å². The number of carbonyl (C=O) groups excluding carboxylic acids is 2. The number of carbonyl (C=O) groups is 2. The van der Waals surface area contributed by atoms with Crippen molar-refractivity contribution in [2.24, 2.45) is 11.8 Å². The molecule has 0 bridgehead atoms. The van der Waals surface area contributed by atoms with Gasteiger partial charge in [-0.3, -0.25) is 4.79 Å². The molecule has 2 atom stereocenters. The molecule has 1 aliphatic heterocycles. The summed E-state index contributed by atoms with van der Waals surface area (Å²) in [6.45, 7) is 8.42. The molecule has 0 aliphatic carbocycles. The zero-order valence-electron chi connectivity index (χ0n) is 23.6. The molecule has 2 heterocycles. The Balaban J connectivity index is 1.37. The third-order valence-electron chi connectivity index (χ3n) is 7.60.